The van der Waals surface area contributed by atoms with Crippen molar-refractivity contribution >= 4 is 17.5 Å². The summed E-state index contributed by atoms with van der Waals surface area (Å²) in [6.07, 6.45) is 5.82. The SMILES string of the molecule is NNC(=CC=Cc1ccccc1NN)c1ccccc1. The Hall–Kier alpha value is -2.56. The molecule has 2 aromatic rings. The first-order chi connectivity index (χ1) is 9.85. The number of hydrazine groups is 2. The van der Waals surface area contributed by atoms with E-state index in [2.05, 4.69) is 10.9 Å². The van der Waals surface area contributed by atoms with Crippen LogP contribution in [-0.4, -0.2) is 0 Å². The van der Waals surface area contributed by atoms with E-state index in [9.17, 15) is 0 Å². The summed E-state index contributed by atoms with van der Waals surface area (Å²) in [4.78, 5) is 0. The van der Waals surface area contributed by atoms with Crippen LogP contribution < -0.4 is 22.5 Å². The maximum absolute atomic E-state index is 5.56. The molecule has 0 spiro atoms. The van der Waals surface area contributed by atoms with Gasteiger partial charge < -0.3 is 10.9 Å². The van der Waals surface area contributed by atoms with Crippen molar-refractivity contribution in [3.8, 4) is 0 Å². The van der Waals surface area contributed by atoms with Gasteiger partial charge in [-0.3, -0.25) is 11.7 Å². The molecule has 102 valence electrons. The van der Waals surface area contributed by atoms with Gasteiger partial charge in [-0.1, -0.05) is 60.7 Å². The zero-order valence-corrected chi connectivity index (χ0v) is 11.1. The van der Waals surface area contributed by atoms with Crippen molar-refractivity contribution in [2.45, 2.75) is 0 Å². The number of para-hydroxylation sites is 1. The number of hydrogen-bond acceptors (Lipinski definition) is 4. The molecule has 6 N–H and O–H groups in total. The van der Waals surface area contributed by atoms with E-state index in [1.54, 1.807) is 0 Å². The first-order valence-corrected chi connectivity index (χ1v) is 6.31. The third-order valence-electron chi connectivity index (χ3n) is 2.90. The molecule has 2 aromatic carbocycles. The van der Waals surface area contributed by atoms with E-state index >= 15 is 0 Å². The number of benzene rings is 2. The molecule has 0 aliphatic carbocycles. The fraction of sp³-hybridized carbons (Fsp3) is 0. The molecule has 0 aromatic heterocycles. The van der Waals surface area contributed by atoms with Gasteiger partial charge in [0.1, 0.15) is 0 Å². The molecule has 0 saturated heterocycles. The minimum Gasteiger partial charge on any atom is -0.324 e. The first kappa shape index (κ1) is 13.9. The predicted octanol–water partition coefficient (Wildman–Crippen LogP) is 2.49. The zero-order chi connectivity index (χ0) is 14.2. The van der Waals surface area contributed by atoms with Gasteiger partial charge in [0.25, 0.3) is 0 Å². The van der Waals surface area contributed by atoms with Crippen LogP contribution in [0.25, 0.3) is 11.8 Å². The van der Waals surface area contributed by atoms with Gasteiger partial charge in [-0.25, -0.2) is 0 Å². The lowest BCUT2D eigenvalue weighted by molar-refractivity contribution is 0.992. The molecule has 0 heterocycles. The van der Waals surface area contributed by atoms with E-state index in [1.165, 1.54) is 0 Å². The number of allylic oxidation sites excluding steroid dienone is 2. The zero-order valence-electron chi connectivity index (χ0n) is 11.1. The van der Waals surface area contributed by atoms with E-state index in [0.717, 1.165) is 22.5 Å². The molecular weight excluding hydrogens is 248 g/mol. The van der Waals surface area contributed by atoms with Crippen molar-refractivity contribution in [3.05, 3.63) is 77.9 Å². The number of anilines is 1. The Morgan fingerprint density at radius 3 is 2.30 bits per heavy atom. The van der Waals surface area contributed by atoms with E-state index in [4.69, 9.17) is 11.7 Å². The van der Waals surface area contributed by atoms with Crippen molar-refractivity contribution in [3.63, 3.8) is 0 Å². The average Bonchev–Trinajstić information content (AvgIpc) is 2.53. The van der Waals surface area contributed by atoms with Gasteiger partial charge in [-0.15, -0.1) is 0 Å². The summed E-state index contributed by atoms with van der Waals surface area (Å²) >= 11 is 0. The standard InChI is InChI=1S/C16H18N4/c17-19-15-11-5-4-9-14(15)10-6-12-16(20-18)13-7-2-1-3-8-13/h1-12,19-20H,17-18H2. The quantitative estimate of drug-likeness (QED) is 0.381. The second kappa shape index (κ2) is 7.13. The van der Waals surface area contributed by atoms with Gasteiger partial charge in [0, 0.05) is 0 Å². The Morgan fingerprint density at radius 1 is 0.900 bits per heavy atom. The number of hydrogen-bond donors (Lipinski definition) is 4. The normalized spacial score (nSPS) is 11.6. The van der Waals surface area contributed by atoms with Crippen molar-refractivity contribution in [2.24, 2.45) is 11.7 Å². The average molecular weight is 266 g/mol. The van der Waals surface area contributed by atoms with Crippen LogP contribution in [0.2, 0.25) is 0 Å². The Bertz CT molecular complexity index is 603. The van der Waals surface area contributed by atoms with Crippen LogP contribution in [0.1, 0.15) is 11.1 Å². The van der Waals surface area contributed by atoms with Gasteiger partial charge in [0.05, 0.1) is 11.4 Å². The molecule has 4 heteroatoms. The fourth-order valence-electron chi connectivity index (χ4n) is 1.87. The number of nitrogens with one attached hydrogen (secondary N) is 2. The van der Waals surface area contributed by atoms with Crippen LogP contribution in [0.3, 0.4) is 0 Å². The maximum atomic E-state index is 5.56. The van der Waals surface area contributed by atoms with Crippen molar-refractivity contribution in [1.82, 2.24) is 5.43 Å². The second-order valence-electron chi connectivity index (χ2n) is 4.18. The molecule has 0 aliphatic rings. The lowest BCUT2D eigenvalue weighted by Gasteiger charge is -2.05. The number of rotatable bonds is 5. The monoisotopic (exact) mass is 266 g/mol. The van der Waals surface area contributed by atoms with Gasteiger partial charge in [0.2, 0.25) is 0 Å². The topological polar surface area (TPSA) is 76.1 Å². The number of nitrogens with two attached hydrogens (primary N) is 2. The molecule has 0 fully saturated rings. The molecule has 0 radical (unpaired) electrons. The van der Waals surface area contributed by atoms with Crippen LogP contribution in [0.4, 0.5) is 5.69 Å². The molecule has 4 nitrogen and oxygen atoms in total. The molecule has 0 bridgehead atoms. The molecule has 2 rings (SSSR count). The molecule has 0 unspecified atom stereocenters. The molecule has 0 saturated carbocycles. The molecule has 0 atom stereocenters. The summed E-state index contributed by atoms with van der Waals surface area (Å²) in [6, 6.07) is 17.7. The Kier molecular flexibility index (Phi) is 4.94. The van der Waals surface area contributed by atoms with Gasteiger partial charge >= 0.3 is 0 Å². The van der Waals surface area contributed by atoms with Crippen molar-refractivity contribution in [2.75, 3.05) is 5.43 Å². The number of nitrogen functional groups attached to an aromatic ring is 1. The van der Waals surface area contributed by atoms with E-state index in [1.807, 2.05) is 72.8 Å². The van der Waals surface area contributed by atoms with Crippen LogP contribution in [0.15, 0.2) is 66.7 Å². The fourth-order valence-corrected chi connectivity index (χ4v) is 1.87. The summed E-state index contributed by atoms with van der Waals surface area (Å²) in [7, 11) is 0. The summed E-state index contributed by atoms with van der Waals surface area (Å²) in [5.41, 5.74) is 9.13. The minimum absolute atomic E-state index is 0.847. The largest absolute Gasteiger partial charge is 0.324 e. The van der Waals surface area contributed by atoms with Gasteiger partial charge in [-0.2, -0.15) is 0 Å². The highest BCUT2D eigenvalue weighted by atomic mass is 15.2. The summed E-state index contributed by atoms with van der Waals surface area (Å²) < 4.78 is 0. The maximum Gasteiger partial charge on any atom is 0.0557 e. The van der Waals surface area contributed by atoms with Crippen LogP contribution >= 0.6 is 0 Å². The Morgan fingerprint density at radius 2 is 1.60 bits per heavy atom. The lowest BCUT2D eigenvalue weighted by atomic mass is 10.1. The minimum atomic E-state index is 0.847. The molecule has 0 aliphatic heterocycles. The van der Waals surface area contributed by atoms with Gasteiger partial charge in [-0.05, 0) is 23.3 Å². The predicted molar refractivity (Wildman–Crippen MR) is 85.0 cm³/mol. The molecule has 20 heavy (non-hydrogen) atoms. The van der Waals surface area contributed by atoms with Crippen molar-refractivity contribution < 1.29 is 0 Å². The Balaban J connectivity index is 2.20. The smallest absolute Gasteiger partial charge is 0.0557 e. The van der Waals surface area contributed by atoms with Crippen molar-refractivity contribution in [1.29, 1.82) is 0 Å². The molecular formula is C16H18N4. The third kappa shape index (κ3) is 3.47. The summed E-state index contributed by atoms with van der Waals surface area (Å²) in [6.45, 7) is 0. The van der Waals surface area contributed by atoms with Crippen LogP contribution in [-0.2, 0) is 0 Å². The molecule has 0 amide bonds. The van der Waals surface area contributed by atoms with E-state index in [-0.39, 0.29) is 0 Å². The van der Waals surface area contributed by atoms with Crippen LogP contribution in [0.5, 0.6) is 0 Å². The lowest BCUT2D eigenvalue weighted by Crippen LogP contribution is -2.19. The van der Waals surface area contributed by atoms with E-state index < -0.39 is 0 Å². The highest BCUT2D eigenvalue weighted by Gasteiger charge is 1.97. The Labute approximate surface area is 118 Å². The van der Waals surface area contributed by atoms with E-state index in [0.29, 0.717) is 0 Å². The van der Waals surface area contributed by atoms with Crippen LogP contribution in [0, 0.1) is 0 Å². The highest BCUT2D eigenvalue weighted by Crippen LogP contribution is 2.16. The first-order valence-electron chi connectivity index (χ1n) is 6.31. The highest BCUT2D eigenvalue weighted by molar-refractivity contribution is 5.70. The second-order valence-corrected chi connectivity index (χ2v) is 4.18. The van der Waals surface area contributed by atoms with Gasteiger partial charge in [0.15, 0.2) is 0 Å². The summed E-state index contributed by atoms with van der Waals surface area (Å²) in [5.74, 6) is 11.0. The third-order valence-corrected chi connectivity index (χ3v) is 2.90. The summed E-state index contributed by atoms with van der Waals surface area (Å²) in [5, 5.41) is 0.